The first kappa shape index (κ1) is 14.1. The Labute approximate surface area is 116 Å². The molecule has 2 aromatic rings. The van der Waals surface area contributed by atoms with Crippen LogP contribution in [0.3, 0.4) is 0 Å². The second-order valence-corrected chi connectivity index (χ2v) is 4.48. The smallest absolute Gasteiger partial charge is 0.244 e. The summed E-state index contributed by atoms with van der Waals surface area (Å²) in [6.07, 6.45) is 3.67. The van der Waals surface area contributed by atoms with Gasteiger partial charge in [0, 0.05) is 18.2 Å². The lowest BCUT2D eigenvalue weighted by atomic mass is 10.1. The summed E-state index contributed by atoms with van der Waals surface area (Å²) < 4.78 is 10.4. The number of hydrogen-bond acceptors (Lipinski definition) is 4. The summed E-state index contributed by atoms with van der Waals surface area (Å²) >= 11 is 0. The third-order valence-electron chi connectivity index (χ3n) is 2.85. The highest BCUT2D eigenvalue weighted by atomic mass is 16.3. The summed E-state index contributed by atoms with van der Waals surface area (Å²) in [5, 5.41) is 12.6. The number of carbonyl (C=O) groups excluding carboxylic acids is 1. The lowest BCUT2D eigenvalue weighted by Gasteiger charge is -2.09. The fourth-order valence-electron chi connectivity index (χ4n) is 1.89. The molecule has 0 saturated heterocycles. The summed E-state index contributed by atoms with van der Waals surface area (Å²) in [5.74, 6) is 1.70. The Kier molecular flexibility index (Phi) is 4.42. The molecule has 0 spiro atoms. The number of hydrogen-bond donors (Lipinski definition) is 2. The molecular formula is C15H17NO4. The van der Waals surface area contributed by atoms with E-state index in [1.165, 1.54) is 12.3 Å². The van der Waals surface area contributed by atoms with Gasteiger partial charge in [-0.3, -0.25) is 4.79 Å². The molecule has 2 N–H and O–H groups in total. The van der Waals surface area contributed by atoms with Crippen LogP contribution in [0.15, 0.2) is 39.4 Å². The lowest BCUT2D eigenvalue weighted by molar-refractivity contribution is -0.116. The van der Waals surface area contributed by atoms with Gasteiger partial charge in [0.05, 0.1) is 12.4 Å². The molecule has 2 heterocycles. The number of rotatable bonds is 5. The number of furan rings is 2. The monoisotopic (exact) mass is 275 g/mol. The minimum absolute atomic E-state index is 0.126. The van der Waals surface area contributed by atoms with E-state index in [2.05, 4.69) is 5.32 Å². The standard InChI is InChI=1S/C15H17NO4/c1-10-8-13(11(2)20-10)14(17)9-16-15(18)6-5-12-4-3-7-19-12/h3-8,14,17H,9H2,1-2H3,(H,16,18)/b6-5+. The molecular weight excluding hydrogens is 258 g/mol. The molecule has 5 heteroatoms. The Hall–Kier alpha value is -2.27. The van der Waals surface area contributed by atoms with Crippen molar-refractivity contribution in [3.05, 3.63) is 53.4 Å². The van der Waals surface area contributed by atoms with Gasteiger partial charge in [-0.15, -0.1) is 0 Å². The fourth-order valence-corrected chi connectivity index (χ4v) is 1.89. The second kappa shape index (κ2) is 6.25. The van der Waals surface area contributed by atoms with Crippen LogP contribution in [0.2, 0.25) is 0 Å². The van der Waals surface area contributed by atoms with Crippen LogP contribution >= 0.6 is 0 Å². The number of nitrogens with one attached hydrogen (secondary N) is 1. The molecule has 0 aromatic carbocycles. The third kappa shape index (κ3) is 3.61. The van der Waals surface area contributed by atoms with E-state index in [0.717, 1.165) is 5.76 Å². The van der Waals surface area contributed by atoms with E-state index in [4.69, 9.17) is 8.83 Å². The molecule has 0 aliphatic rings. The van der Waals surface area contributed by atoms with Gasteiger partial charge >= 0.3 is 0 Å². The number of amides is 1. The molecule has 1 amide bonds. The maximum absolute atomic E-state index is 11.6. The van der Waals surface area contributed by atoms with E-state index >= 15 is 0 Å². The zero-order valence-electron chi connectivity index (χ0n) is 11.4. The van der Waals surface area contributed by atoms with Crippen molar-refractivity contribution in [1.29, 1.82) is 0 Å². The van der Waals surface area contributed by atoms with Crippen molar-refractivity contribution in [2.75, 3.05) is 6.54 Å². The molecule has 0 saturated carbocycles. The van der Waals surface area contributed by atoms with E-state index in [-0.39, 0.29) is 12.5 Å². The summed E-state index contributed by atoms with van der Waals surface area (Å²) in [6, 6.07) is 5.26. The molecule has 1 unspecified atom stereocenters. The molecule has 5 nitrogen and oxygen atoms in total. The first-order valence-electron chi connectivity index (χ1n) is 6.30. The summed E-state index contributed by atoms with van der Waals surface area (Å²) in [5.41, 5.74) is 0.692. The van der Waals surface area contributed by atoms with Gasteiger partial charge in [-0.25, -0.2) is 0 Å². The molecule has 0 bridgehead atoms. The van der Waals surface area contributed by atoms with E-state index in [0.29, 0.717) is 17.1 Å². The van der Waals surface area contributed by atoms with E-state index in [9.17, 15) is 9.90 Å². The van der Waals surface area contributed by atoms with E-state index in [1.807, 2.05) is 6.92 Å². The van der Waals surface area contributed by atoms with Crippen LogP contribution < -0.4 is 5.32 Å². The average molecular weight is 275 g/mol. The molecule has 106 valence electrons. The van der Waals surface area contributed by atoms with Crippen molar-refractivity contribution < 1.29 is 18.7 Å². The van der Waals surface area contributed by atoms with Crippen molar-refractivity contribution in [3.63, 3.8) is 0 Å². The molecule has 0 aliphatic heterocycles. The van der Waals surface area contributed by atoms with E-state index in [1.54, 1.807) is 31.2 Å². The Balaban J connectivity index is 1.85. The quantitative estimate of drug-likeness (QED) is 0.821. The van der Waals surface area contributed by atoms with Gasteiger partial charge in [0.2, 0.25) is 5.91 Å². The predicted molar refractivity (Wildman–Crippen MR) is 73.9 cm³/mol. The van der Waals surface area contributed by atoms with Gasteiger partial charge in [-0.2, -0.15) is 0 Å². The predicted octanol–water partition coefficient (Wildman–Crippen LogP) is 2.35. The highest BCUT2D eigenvalue weighted by Crippen LogP contribution is 2.20. The van der Waals surface area contributed by atoms with Gasteiger partial charge in [0.25, 0.3) is 0 Å². The van der Waals surface area contributed by atoms with Crippen molar-refractivity contribution in [3.8, 4) is 0 Å². The first-order valence-corrected chi connectivity index (χ1v) is 6.30. The maximum atomic E-state index is 11.6. The van der Waals surface area contributed by atoms with Crippen LogP contribution in [-0.2, 0) is 4.79 Å². The normalized spacial score (nSPS) is 12.8. The largest absolute Gasteiger partial charge is 0.466 e. The maximum Gasteiger partial charge on any atom is 0.244 e. The summed E-state index contributed by atoms with van der Waals surface area (Å²) in [7, 11) is 0. The Morgan fingerprint density at radius 3 is 2.90 bits per heavy atom. The van der Waals surface area contributed by atoms with Gasteiger partial charge in [-0.05, 0) is 38.1 Å². The van der Waals surface area contributed by atoms with Crippen LogP contribution in [0, 0.1) is 13.8 Å². The minimum atomic E-state index is -0.784. The van der Waals surface area contributed by atoms with Crippen LogP contribution in [0.4, 0.5) is 0 Å². The number of aliphatic hydroxyl groups is 1. The zero-order chi connectivity index (χ0) is 14.5. The third-order valence-corrected chi connectivity index (χ3v) is 2.85. The molecule has 2 rings (SSSR count). The topological polar surface area (TPSA) is 75.6 Å². The first-order chi connectivity index (χ1) is 9.56. The highest BCUT2D eigenvalue weighted by Gasteiger charge is 2.14. The molecule has 0 radical (unpaired) electrons. The highest BCUT2D eigenvalue weighted by molar-refractivity contribution is 5.91. The molecule has 20 heavy (non-hydrogen) atoms. The summed E-state index contributed by atoms with van der Waals surface area (Å²) in [6.45, 7) is 3.72. The van der Waals surface area contributed by atoms with Gasteiger partial charge in [0.1, 0.15) is 17.3 Å². The number of aliphatic hydroxyl groups excluding tert-OH is 1. The number of aryl methyl sites for hydroxylation is 2. The lowest BCUT2D eigenvalue weighted by Crippen LogP contribution is -2.26. The van der Waals surface area contributed by atoms with Crippen LogP contribution in [0.25, 0.3) is 6.08 Å². The minimum Gasteiger partial charge on any atom is -0.466 e. The van der Waals surface area contributed by atoms with Crippen molar-refractivity contribution in [2.45, 2.75) is 20.0 Å². The van der Waals surface area contributed by atoms with Gasteiger partial charge in [-0.1, -0.05) is 0 Å². The van der Waals surface area contributed by atoms with Gasteiger partial charge < -0.3 is 19.3 Å². The number of carbonyl (C=O) groups is 1. The molecule has 0 aliphatic carbocycles. The SMILES string of the molecule is Cc1cc(C(O)CNC(=O)/C=C/c2ccco2)c(C)o1. The Morgan fingerprint density at radius 1 is 1.50 bits per heavy atom. The van der Waals surface area contributed by atoms with Crippen molar-refractivity contribution >= 4 is 12.0 Å². The molecule has 2 aromatic heterocycles. The molecule has 1 atom stereocenters. The second-order valence-electron chi connectivity index (χ2n) is 4.48. The van der Waals surface area contributed by atoms with Crippen LogP contribution in [0.1, 0.15) is 28.9 Å². The zero-order valence-corrected chi connectivity index (χ0v) is 11.4. The summed E-state index contributed by atoms with van der Waals surface area (Å²) in [4.78, 5) is 11.6. The van der Waals surface area contributed by atoms with Crippen molar-refractivity contribution in [1.82, 2.24) is 5.32 Å². The Morgan fingerprint density at radius 2 is 2.30 bits per heavy atom. The molecule has 0 fully saturated rings. The Bertz CT molecular complexity index is 595. The van der Waals surface area contributed by atoms with Crippen LogP contribution in [0.5, 0.6) is 0 Å². The average Bonchev–Trinajstić information content (AvgIpc) is 3.03. The van der Waals surface area contributed by atoms with Gasteiger partial charge in [0.15, 0.2) is 0 Å². The van der Waals surface area contributed by atoms with Crippen molar-refractivity contribution in [2.24, 2.45) is 0 Å². The van der Waals surface area contributed by atoms with E-state index < -0.39 is 6.10 Å². The van der Waals surface area contributed by atoms with Crippen LogP contribution in [-0.4, -0.2) is 17.6 Å². The fraction of sp³-hybridized carbons (Fsp3) is 0.267.